The van der Waals surface area contributed by atoms with E-state index in [1.807, 2.05) is 31.2 Å². The Kier molecular flexibility index (Phi) is 3.27. The summed E-state index contributed by atoms with van der Waals surface area (Å²) in [5, 5.41) is 3.21. The van der Waals surface area contributed by atoms with Crippen molar-refractivity contribution in [2.45, 2.75) is 13.5 Å². The average molecular weight is 318 g/mol. The summed E-state index contributed by atoms with van der Waals surface area (Å²) in [6.07, 6.45) is 0. The Morgan fingerprint density at radius 3 is 2.58 bits per heavy atom. The zero-order chi connectivity index (χ0) is 16.7. The van der Waals surface area contributed by atoms with Crippen molar-refractivity contribution in [3.8, 4) is 11.3 Å². The fraction of sp³-hybridized carbons (Fsp3) is 0.105. The van der Waals surface area contributed by atoms with Gasteiger partial charge < -0.3 is 9.73 Å². The summed E-state index contributed by atoms with van der Waals surface area (Å²) in [5.41, 5.74) is 3.16. The van der Waals surface area contributed by atoms with Crippen LogP contribution in [0.15, 0.2) is 52.9 Å². The third-order valence-corrected chi connectivity index (χ3v) is 3.97. The monoisotopic (exact) mass is 318 g/mol. The van der Waals surface area contributed by atoms with Crippen molar-refractivity contribution in [1.82, 2.24) is 4.98 Å². The van der Waals surface area contributed by atoms with E-state index in [9.17, 15) is 9.59 Å². The molecule has 0 unspecified atom stereocenters. The Labute approximate surface area is 138 Å². The van der Waals surface area contributed by atoms with Crippen LogP contribution in [0.25, 0.3) is 11.3 Å². The van der Waals surface area contributed by atoms with Crippen molar-refractivity contribution in [3.05, 3.63) is 71.2 Å². The zero-order valence-corrected chi connectivity index (χ0v) is 13.0. The van der Waals surface area contributed by atoms with Crippen LogP contribution in [0.5, 0.6) is 0 Å². The Balaban J connectivity index is 1.66. The molecule has 1 heterocycles. The number of rotatable bonds is 3. The number of anilines is 1. The highest BCUT2D eigenvalue weighted by Crippen LogP contribution is 2.33. The lowest BCUT2D eigenvalue weighted by Gasteiger charge is -2.10. The number of Topliss-reactive ketones (excluding diaryl/α,β-unsaturated/α-hetero) is 2. The van der Waals surface area contributed by atoms with E-state index >= 15 is 0 Å². The molecule has 5 heteroatoms. The van der Waals surface area contributed by atoms with E-state index in [2.05, 4.69) is 10.3 Å². The van der Waals surface area contributed by atoms with E-state index in [4.69, 9.17) is 4.42 Å². The lowest BCUT2D eigenvalue weighted by Crippen LogP contribution is -2.20. The molecule has 1 aromatic heterocycles. The van der Waals surface area contributed by atoms with Gasteiger partial charge in [-0.05, 0) is 24.6 Å². The molecule has 0 saturated carbocycles. The Morgan fingerprint density at radius 2 is 1.79 bits per heavy atom. The number of hydrogen-bond acceptors (Lipinski definition) is 5. The molecule has 2 aromatic carbocycles. The maximum Gasteiger partial charge on any atom is 0.255 e. The SMILES string of the molecule is Cc1cccc(NCc2nc3c(o2)-c2ccccc2C(=O)C3=O)c1. The molecule has 1 aliphatic carbocycles. The minimum Gasteiger partial charge on any atom is -0.438 e. The Morgan fingerprint density at radius 1 is 1.00 bits per heavy atom. The topological polar surface area (TPSA) is 72.2 Å². The van der Waals surface area contributed by atoms with E-state index < -0.39 is 11.6 Å². The number of benzene rings is 2. The molecule has 0 radical (unpaired) electrons. The molecule has 0 spiro atoms. The van der Waals surface area contributed by atoms with Crippen LogP contribution in [0.1, 0.15) is 32.3 Å². The summed E-state index contributed by atoms with van der Waals surface area (Å²) in [6, 6.07) is 14.8. The Hall–Kier alpha value is -3.21. The summed E-state index contributed by atoms with van der Waals surface area (Å²) >= 11 is 0. The van der Waals surface area contributed by atoms with E-state index in [0.717, 1.165) is 11.3 Å². The molecule has 0 aliphatic heterocycles. The number of ketones is 2. The second-order valence-corrected chi connectivity index (χ2v) is 5.71. The minimum atomic E-state index is -0.616. The number of aryl methyl sites for hydroxylation is 1. The number of nitrogens with zero attached hydrogens (tertiary/aromatic N) is 1. The summed E-state index contributed by atoms with van der Waals surface area (Å²) in [4.78, 5) is 28.6. The summed E-state index contributed by atoms with van der Waals surface area (Å²) in [7, 11) is 0. The van der Waals surface area contributed by atoms with Gasteiger partial charge in [-0.1, -0.05) is 36.4 Å². The number of hydrogen-bond donors (Lipinski definition) is 1. The van der Waals surface area contributed by atoms with E-state index in [1.165, 1.54) is 0 Å². The molecule has 118 valence electrons. The third kappa shape index (κ3) is 2.31. The first-order valence-electron chi connectivity index (χ1n) is 7.62. The molecule has 0 saturated heterocycles. The summed E-state index contributed by atoms with van der Waals surface area (Å²) in [6.45, 7) is 2.34. The van der Waals surface area contributed by atoms with Crippen LogP contribution in [0.3, 0.4) is 0 Å². The van der Waals surface area contributed by atoms with Crippen LogP contribution in [-0.2, 0) is 6.54 Å². The predicted octanol–water partition coefficient (Wildman–Crippen LogP) is 3.64. The van der Waals surface area contributed by atoms with Crippen molar-refractivity contribution < 1.29 is 14.0 Å². The maximum absolute atomic E-state index is 12.2. The van der Waals surface area contributed by atoms with Gasteiger partial charge in [-0.3, -0.25) is 9.59 Å². The van der Waals surface area contributed by atoms with E-state index in [0.29, 0.717) is 29.3 Å². The highest BCUT2D eigenvalue weighted by Gasteiger charge is 2.35. The second kappa shape index (κ2) is 5.45. The Bertz CT molecular complexity index is 972. The van der Waals surface area contributed by atoms with Gasteiger partial charge in [0, 0.05) is 16.8 Å². The van der Waals surface area contributed by atoms with Gasteiger partial charge in [-0.2, -0.15) is 0 Å². The molecule has 0 atom stereocenters. The molecular formula is C19H14N2O3. The fourth-order valence-corrected chi connectivity index (χ4v) is 2.82. The van der Waals surface area contributed by atoms with E-state index in [-0.39, 0.29) is 5.69 Å². The summed E-state index contributed by atoms with van der Waals surface area (Å²) in [5.74, 6) is -0.408. The van der Waals surface area contributed by atoms with Crippen LogP contribution in [-0.4, -0.2) is 16.6 Å². The quantitative estimate of drug-likeness (QED) is 0.746. The normalized spacial score (nSPS) is 12.7. The van der Waals surface area contributed by atoms with Crippen molar-refractivity contribution >= 4 is 17.3 Å². The van der Waals surface area contributed by atoms with Crippen LogP contribution in [0.4, 0.5) is 5.69 Å². The highest BCUT2D eigenvalue weighted by atomic mass is 16.4. The van der Waals surface area contributed by atoms with Crippen molar-refractivity contribution in [2.24, 2.45) is 0 Å². The fourth-order valence-electron chi connectivity index (χ4n) is 2.82. The van der Waals surface area contributed by atoms with Gasteiger partial charge in [-0.15, -0.1) is 0 Å². The van der Waals surface area contributed by atoms with Gasteiger partial charge in [0.05, 0.1) is 6.54 Å². The van der Waals surface area contributed by atoms with Gasteiger partial charge in [-0.25, -0.2) is 4.98 Å². The molecule has 0 amide bonds. The van der Waals surface area contributed by atoms with Crippen LogP contribution in [0.2, 0.25) is 0 Å². The number of nitrogens with one attached hydrogen (secondary N) is 1. The molecule has 0 bridgehead atoms. The molecule has 4 rings (SSSR count). The second-order valence-electron chi connectivity index (χ2n) is 5.71. The molecule has 3 aromatic rings. The average Bonchev–Trinajstić information content (AvgIpc) is 3.03. The van der Waals surface area contributed by atoms with Crippen LogP contribution >= 0.6 is 0 Å². The van der Waals surface area contributed by atoms with Crippen LogP contribution < -0.4 is 5.32 Å². The van der Waals surface area contributed by atoms with Gasteiger partial charge in [0.25, 0.3) is 5.78 Å². The van der Waals surface area contributed by atoms with Gasteiger partial charge in [0.1, 0.15) is 0 Å². The number of aromatic nitrogens is 1. The molecule has 1 aliphatic rings. The van der Waals surface area contributed by atoms with E-state index in [1.54, 1.807) is 24.3 Å². The standard InChI is InChI=1S/C19H14N2O3/c1-11-5-4-6-12(9-11)20-10-15-21-16-18(23)17(22)13-7-2-3-8-14(13)19(16)24-15/h2-9,20H,10H2,1H3. The smallest absolute Gasteiger partial charge is 0.255 e. The van der Waals surface area contributed by atoms with Crippen molar-refractivity contribution in [2.75, 3.05) is 5.32 Å². The first-order valence-corrected chi connectivity index (χ1v) is 7.62. The lowest BCUT2D eigenvalue weighted by molar-refractivity contribution is 0.0812. The predicted molar refractivity (Wildman–Crippen MR) is 89.1 cm³/mol. The molecule has 24 heavy (non-hydrogen) atoms. The molecule has 5 nitrogen and oxygen atoms in total. The number of carbonyl (C=O) groups excluding carboxylic acids is 2. The summed E-state index contributed by atoms with van der Waals surface area (Å²) < 4.78 is 5.76. The molecular weight excluding hydrogens is 304 g/mol. The largest absolute Gasteiger partial charge is 0.438 e. The third-order valence-electron chi connectivity index (χ3n) is 3.97. The minimum absolute atomic E-state index is 0.0970. The number of carbonyl (C=O) groups is 2. The first-order chi connectivity index (χ1) is 11.6. The lowest BCUT2D eigenvalue weighted by atomic mass is 9.91. The maximum atomic E-state index is 12.2. The van der Waals surface area contributed by atoms with Crippen molar-refractivity contribution in [1.29, 1.82) is 0 Å². The molecule has 1 N–H and O–H groups in total. The first kappa shape index (κ1) is 14.4. The zero-order valence-electron chi connectivity index (χ0n) is 13.0. The highest BCUT2D eigenvalue weighted by molar-refractivity contribution is 6.52. The van der Waals surface area contributed by atoms with Gasteiger partial charge in [0.2, 0.25) is 11.7 Å². The molecule has 0 fully saturated rings. The van der Waals surface area contributed by atoms with Gasteiger partial charge in [0.15, 0.2) is 11.5 Å². The number of fused-ring (bicyclic) bond motifs is 3. The van der Waals surface area contributed by atoms with Crippen molar-refractivity contribution in [3.63, 3.8) is 0 Å². The van der Waals surface area contributed by atoms with Gasteiger partial charge >= 0.3 is 0 Å². The number of oxazole rings is 1. The van der Waals surface area contributed by atoms with Crippen LogP contribution in [0, 0.1) is 6.92 Å².